The SMILES string of the molecule is C=O.CC(C)(C)NCCOCCO.CC1(C)OB(c2cccc(Cl)c2)OC1(C)C. The third-order valence-corrected chi connectivity index (χ3v) is 4.75. The van der Waals surface area contributed by atoms with Gasteiger partial charge in [-0.3, -0.25) is 0 Å². The molecule has 1 aliphatic rings. The molecule has 0 radical (unpaired) electrons. The van der Waals surface area contributed by atoms with E-state index in [1.54, 1.807) is 0 Å². The highest BCUT2D eigenvalue weighted by molar-refractivity contribution is 6.62. The van der Waals surface area contributed by atoms with Crippen LogP contribution in [-0.4, -0.2) is 62.1 Å². The summed E-state index contributed by atoms with van der Waals surface area (Å²) in [5.41, 5.74) is 0.508. The van der Waals surface area contributed by atoms with Gasteiger partial charge in [-0.2, -0.15) is 0 Å². The van der Waals surface area contributed by atoms with E-state index in [0.29, 0.717) is 18.2 Å². The van der Waals surface area contributed by atoms with Crippen molar-refractivity contribution >= 4 is 31.0 Å². The van der Waals surface area contributed by atoms with Gasteiger partial charge in [0.2, 0.25) is 0 Å². The van der Waals surface area contributed by atoms with Crippen LogP contribution in [0.2, 0.25) is 5.02 Å². The number of nitrogens with one attached hydrogen (secondary N) is 1. The average Bonchev–Trinajstić information content (AvgIpc) is 2.84. The molecule has 166 valence electrons. The van der Waals surface area contributed by atoms with E-state index in [-0.39, 0.29) is 30.5 Å². The topological polar surface area (TPSA) is 77.0 Å². The highest BCUT2D eigenvalue weighted by Crippen LogP contribution is 2.36. The first-order chi connectivity index (χ1) is 13.4. The number of hydrogen-bond donors (Lipinski definition) is 2. The first-order valence-corrected chi connectivity index (χ1v) is 10.1. The Morgan fingerprint density at radius 1 is 1.14 bits per heavy atom. The van der Waals surface area contributed by atoms with Crippen molar-refractivity contribution in [1.29, 1.82) is 0 Å². The first-order valence-electron chi connectivity index (χ1n) is 9.71. The molecule has 1 aromatic rings. The Morgan fingerprint density at radius 3 is 2.14 bits per heavy atom. The first kappa shape index (κ1) is 28.0. The van der Waals surface area contributed by atoms with E-state index < -0.39 is 0 Å². The lowest BCUT2D eigenvalue weighted by atomic mass is 9.79. The molecule has 8 heteroatoms. The number of aliphatic hydroxyl groups is 1. The molecule has 2 N–H and O–H groups in total. The molecule has 0 atom stereocenters. The Bertz CT molecular complexity index is 577. The number of benzene rings is 1. The van der Waals surface area contributed by atoms with E-state index in [1.807, 2.05) is 58.7 Å². The van der Waals surface area contributed by atoms with E-state index in [2.05, 4.69) is 26.1 Å². The molecule has 29 heavy (non-hydrogen) atoms. The number of ether oxygens (including phenoxy) is 1. The zero-order chi connectivity index (χ0) is 22.7. The van der Waals surface area contributed by atoms with Crippen molar-refractivity contribution in [3.05, 3.63) is 29.3 Å². The summed E-state index contributed by atoms with van der Waals surface area (Å²) in [5, 5.41) is 12.4. The predicted molar refractivity (Wildman–Crippen MR) is 120 cm³/mol. The van der Waals surface area contributed by atoms with Gasteiger partial charge in [0.05, 0.1) is 31.0 Å². The summed E-state index contributed by atoms with van der Waals surface area (Å²) < 4.78 is 16.9. The maximum atomic E-state index is 8.38. The molecule has 0 aromatic heterocycles. The van der Waals surface area contributed by atoms with E-state index in [4.69, 9.17) is 35.5 Å². The number of rotatable bonds is 6. The van der Waals surface area contributed by atoms with Crippen molar-refractivity contribution < 1.29 is 23.9 Å². The summed E-state index contributed by atoms with van der Waals surface area (Å²) in [6.45, 7) is 18.5. The highest BCUT2D eigenvalue weighted by Gasteiger charge is 2.51. The van der Waals surface area contributed by atoms with Crippen LogP contribution >= 0.6 is 11.6 Å². The minimum Gasteiger partial charge on any atom is -0.399 e. The molecule has 1 aliphatic heterocycles. The minimum absolute atomic E-state index is 0.107. The number of aliphatic hydroxyl groups excluding tert-OH is 1. The van der Waals surface area contributed by atoms with E-state index in [0.717, 1.165) is 12.0 Å². The second-order valence-electron chi connectivity index (χ2n) is 8.66. The van der Waals surface area contributed by atoms with Crippen LogP contribution in [0.1, 0.15) is 48.5 Å². The van der Waals surface area contributed by atoms with Crippen molar-refractivity contribution in [2.45, 2.75) is 65.2 Å². The Labute approximate surface area is 181 Å². The highest BCUT2D eigenvalue weighted by atomic mass is 35.5. The van der Waals surface area contributed by atoms with Crippen molar-refractivity contribution in [3.63, 3.8) is 0 Å². The zero-order valence-electron chi connectivity index (χ0n) is 18.9. The van der Waals surface area contributed by atoms with Gasteiger partial charge in [0.1, 0.15) is 6.79 Å². The minimum atomic E-state index is -0.330. The smallest absolute Gasteiger partial charge is 0.399 e. The molecule has 0 bridgehead atoms. The van der Waals surface area contributed by atoms with Crippen LogP contribution in [-0.2, 0) is 18.8 Å². The summed E-state index contributed by atoms with van der Waals surface area (Å²) in [4.78, 5) is 8.00. The van der Waals surface area contributed by atoms with Gasteiger partial charge in [-0.1, -0.05) is 23.7 Å². The number of carbonyl (C=O) groups is 1. The summed E-state index contributed by atoms with van der Waals surface area (Å²) in [6.07, 6.45) is 0. The van der Waals surface area contributed by atoms with Gasteiger partial charge >= 0.3 is 7.12 Å². The Hall–Kier alpha value is -0.955. The quantitative estimate of drug-likeness (QED) is 0.535. The summed E-state index contributed by atoms with van der Waals surface area (Å²) in [7, 11) is -0.330. The maximum Gasteiger partial charge on any atom is 0.494 e. The molecule has 1 saturated heterocycles. The lowest BCUT2D eigenvalue weighted by molar-refractivity contribution is -0.0980. The number of carbonyl (C=O) groups excluding carboxylic acids is 1. The molecule has 0 unspecified atom stereocenters. The molecule has 0 amide bonds. The van der Waals surface area contributed by atoms with Crippen molar-refractivity contribution in [1.82, 2.24) is 5.32 Å². The van der Waals surface area contributed by atoms with Crippen LogP contribution in [0.4, 0.5) is 0 Å². The fourth-order valence-corrected chi connectivity index (χ4v) is 2.50. The lowest BCUT2D eigenvalue weighted by Gasteiger charge is -2.32. The lowest BCUT2D eigenvalue weighted by Crippen LogP contribution is -2.41. The fraction of sp³-hybridized carbons (Fsp3) is 0.667. The van der Waals surface area contributed by atoms with Gasteiger partial charge in [0, 0.05) is 17.1 Å². The zero-order valence-corrected chi connectivity index (χ0v) is 19.6. The third-order valence-electron chi connectivity index (χ3n) is 4.51. The maximum absolute atomic E-state index is 8.38. The molecule has 1 heterocycles. The van der Waals surface area contributed by atoms with Crippen molar-refractivity contribution in [2.75, 3.05) is 26.4 Å². The molecule has 6 nitrogen and oxygen atoms in total. The number of halogens is 1. The van der Waals surface area contributed by atoms with Gasteiger partial charge in [-0.05, 0) is 66.1 Å². The molecule has 0 spiro atoms. The molecule has 0 saturated carbocycles. The molecular weight excluding hydrogens is 392 g/mol. The van der Waals surface area contributed by atoms with Crippen molar-refractivity contribution in [2.24, 2.45) is 0 Å². The average molecular weight is 430 g/mol. The van der Waals surface area contributed by atoms with Gasteiger partial charge < -0.3 is 29.3 Å². The van der Waals surface area contributed by atoms with E-state index >= 15 is 0 Å². The summed E-state index contributed by atoms with van der Waals surface area (Å²) >= 11 is 5.95. The molecular formula is C21H37BClNO5. The Morgan fingerprint density at radius 2 is 1.69 bits per heavy atom. The fourth-order valence-electron chi connectivity index (χ4n) is 2.30. The van der Waals surface area contributed by atoms with Crippen LogP contribution in [0.3, 0.4) is 0 Å². The second-order valence-corrected chi connectivity index (χ2v) is 9.09. The van der Waals surface area contributed by atoms with Gasteiger partial charge in [0.15, 0.2) is 0 Å². The molecule has 1 fully saturated rings. The molecule has 1 aromatic carbocycles. The van der Waals surface area contributed by atoms with E-state index in [1.165, 1.54) is 0 Å². The monoisotopic (exact) mass is 429 g/mol. The van der Waals surface area contributed by atoms with Crippen molar-refractivity contribution in [3.8, 4) is 0 Å². The summed E-state index contributed by atoms with van der Waals surface area (Å²) in [5.74, 6) is 0. The second kappa shape index (κ2) is 12.7. The van der Waals surface area contributed by atoms with E-state index in [9.17, 15) is 0 Å². The largest absolute Gasteiger partial charge is 0.494 e. The van der Waals surface area contributed by atoms with Gasteiger partial charge in [-0.15, -0.1) is 0 Å². The van der Waals surface area contributed by atoms with Gasteiger partial charge in [0.25, 0.3) is 0 Å². The normalized spacial score (nSPS) is 17.1. The summed E-state index contributed by atoms with van der Waals surface area (Å²) in [6, 6.07) is 7.59. The Kier molecular flexibility index (Phi) is 12.3. The Balaban J connectivity index is 0.000000532. The van der Waals surface area contributed by atoms with Crippen LogP contribution in [0, 0.1) is 0 Å². The number of hydrogen-bond acceptors (Lipinski definition) is 6. The standard InChI is InChI=1S/C12H16BClO2.C8H19NO2.CH2O/c1-11(2)12(3,4)16-13(15-11)9-6-5-7-10(14)8-9;1-8(2,3)9-4-6-11-7-5-10;1-2/h5-8H,1-4H3;9-10H,4-7H2,1-3H3;1H2. The predicted octanol–water partition coefficient (Wildman–Crippen LogP) is 2.84. The van der Waals surface area contributed by atoms with Crippen LogP contribution in [0.15, 0.2) is 24.3 Å². The van der Waals surface area contributed by atoms with Crippen LogP contribution in [0.25, 0.3) is 0 Å². The van der Waals surface area contributed by atoms with Gasteiger partial charge in [-0.25, -0.2) is 0 Å². The van der Waals surface area contributed by atoms with Crippen LogP contribution < -0.4 is 10.8 Å². The van der Waals surface area contributed by atoms with Crippen LogP contribution in [0.5, 0.6) is 0 Å². The third kappa shape index (κ3) is 10.6. The molecule has 2 rings (SSSR count). The molecule has 0 aliphatic carbocycles.